The topological polar surface area (TPSA) is 70.0 Å². The van der Waals surface area contributed by atoms with E-state index in [1.807, 2.05) is 23.6 Å². The number of hydrogen-bond acceptors (Lipinski definition) is 5. The molecule has 0 saturated heterocycles. The van der Waals surface area contributed by atoms with Gasteiger partial charge in [-0.05, 0) is 42.5 Å². The van der Waals surface area contributed by atoms with Gasteiger partial charge in [0.2, 0.25) is 0 Å². The molecule has 2 aromatic carbocycles. The van der Waals surface area contributed by atoms with Crippen molar-refractivity contribution in [1.82, 2.24) is 4.98 Å². The molecule has 4 nitrogen and oxygen atoms in total. The molecule has 0 amide bonds. The fourth-order valence-corrected chi connectivity index (χ4v) is 4.22. The van der Waals surface area contributed by atoms with Gasteiger partial charge in [0, 0.05) is 26.6 Å². The van der Waals surface area contributed by atoms with Gasteiger partial charge in [-0.25, -0.2) is 4.98 Å². The molecule has 0 unspecified atom stereocenters. The number of aliphatic hydroxyl groups is 1. The smallest absolute Gasteiger partial charge is 0.179 e. The highest BCUT2D eigenvalue weighted by molar-refractivity contribution is 7.11. The molecule has 4 aromatic rings. The van der Waals surface area contributed by atoms with Crippen LogP contribution in [0, 0.1) is 11.3 Å². The normalized spacial score (nSPS) is 11.8. The molecule has 0 saturated carbocycles. The summed E-state index contributed by atoms with van der Waals surface area (Å²) in [4.78, 5) is 4.47. The van der Waals surface area contributed by atoms with E-state index in [-0.39, 0.29) is 17.1 Å². The van der Waals surface area contributed by atoms with Gasteiger partial charge in [0.1, 0.15) is 22.4 Å². The largest absolute Gasteiger partial charge is 0.503 e. The van der Waals surface area contributed by atoms with Crippen molar-refractivity contribution in [2.24, 2.45) is 0 Å². The third kappa shape index (κ3) is 4.09. The van der Waals surface area contributed by atoms with Gasteiger partial charge in [0.25, 0.3) is 0 Å². The molecule has 0 atom stereocenters. The van der Waals surface area contributed by atoms with Crippen LogP contribution in [-0.4, -0.2) is 10.1 Å². The van der Waals surface area contributed by atoms with Crippen molar-refractivity contribution in [1.29, 1.82) is 5.26 Å². The third-order valence-corrected chi connectivity index (χ3v) is 5.90. The van der Waals surface area contributed by atoms with Gasteiger partial charge in [-0.3, -0.25) is 0 Å². The first-order chi connectivity index (χ1) is 14.5. The molecule has 8 heteroatoms. The molecule has 4 rings (SSSR count). The van der Waals surface area contributed by atoms with Crippen LogP contribution in [0.25, 0.3) is 33.9 Å². The van der Waals surface area contributed by atoms with Crippen LogP contribution in [0.1, 0.15) is 10.8 Å². The molecule has 0 radical (unpaired) electrons. The molecule has 2 heterocycles. The summed E-state index contributed by atoms with van der Waals surface area (Å²) in [5.74, 6) is 0.276. The zero-order valence-corrected chi connectivity index (χ0v) is 18.1. The highest BCUT2D eigenvalue weighted by Crippen LogP contribution is 2.35. The second kappa shape index (κ2) is 8.55. The molecule has 0 aliphatic heterocycles. The van der Waals surface area contributed by atoms with Crippen molar-refractivity contribution >= 4 is 57.5 Å². The van der Waals surface area contributed by atoms with Gasteiger partial charge in [-0.2, -0.15) is 5.26 Å². The molecule has 1 N–H and O–H groups in total. The molecule has 0 spiro atoms. The van der Waals surface area contributed by atoms with Crippen molar-refractivity contribution in [3.8, 4) is 28.7 Å². The molecular weight excluding hydrogens is 463 g/mol. The van der Waals surface area contributed by atoms with Crippen LogP contribution in [-0.2, 0) is 0 Å². The van der Waals surface area contributed by atoms with Crippen molar-refractivity contribution in [3.63, 3.8) is 0 Å². The summed E-state index contributed by atoms with van der Waals surface area (Å²) < 4.78 is 5.74. The predicted octanol–water partition coefficient (Wildman–Crippen LogP) is 7.98. The van der Waals surface area contributed by atoms with Crippen LogP contribution in [0.2, 0.25) is 15.1 Å². The minimum atomic E-state index is -0.300. The summed E-state index contributed by atoms with van der Waals surface area (Å²) >= 11 is 19.3. The number of nitriles is 1. The summed E-state index contributed by atoms with van der Waals surface area (Å²) in [7, 11) is 0. The molecule has 0 aliphatic rings. The quantitative estimate of drug-likeness (QED) is 0.241. The van der Waals surface area contributed by atoms with Crippen LogP contribution in [0.5, 0.6) is 0 Å². The molecule has 2 aromatic heterocycles. The lowest BCUT2D eigenvalue weighted by Gasteiger charge is -2.02. The third-order valence-electron chi connectivity index (χ3n) is 4.24. The fraction of sp³-hybridized carbons (Fsp3) is 0. The van der Waals surface area contributed by atoms with Gasteiger partial charge in [0.15, 0.2) is 11.5 Å². The predicted molar refractivity (Wildman–Crippen MR) is 122 cm³/mol. The summed E-state index contributed by atoms with van der Waals surface area (Å²) in [6.45, 7) is 0. The van der Waals surface area contributed by atoms with E-state index in [2.05, 4.69) is 4.98 Å². The Kier molecular flexibility index (Phi) is 5.85. The van der Waals surface area contributed by atoms with E-state index in [9.17, 15) is 10.4 Å². The number of hydrogen-bond donors (Lipinski definition) is 1. The minimum Gasteiger partial charge on any atom is -0.503 e. The molecule has 0 aliphatic carbocycles. The molecule has 0 fully saturated rings. The Morgan fingerprint density at radius 1 is 1.00 bits per heavy atom. The Bertz CT molecular complexity index is 1300. The van der Waals surface area contributed by atoms with Crippen molar-refractivity contribution in [2.45, 2.75) is 0 Å². The summed E-state index contributed by atoms with van der Waals surface area (Å²) in [6.07, 6.45) is 0. The Morgan fingerprint density at radius 2 is 1.73 bits per heavy atom. The van der Waals surface area contributed by atoms with E-state index >= 15 is 0 Å². The standard InChI is InChI=1S/C22H11Cl3N2O2S/c23-13-3-1-12(2-4-13)18-11-30-22(27-18)16(10-26)21(28)20-8-7-19(29-20)15-6-5-14(24)9-17(15)25/h1-9,11,28H/b21-16-. The molecule has 30 heavy (non-hydrogen) atoms. The average molecular weight is 474 g/mol. The SMILES string of the molecule is N#C/C(=C(/O)c1ccc(-c2ccc(Cl)cc2Cl)o1)c1nc(-c2ccc(Cl)cc2)cs1. The number of furan rings is 1. The van der Waals surface area contributed by atoms with E-state index < -0.39 is 0 Å². The lowest BCUT2D eigenvalue weighted by Crippen LogP contribution is -1.89. The van der Waals surface area contributed by atoms with Gasteiger partial charge < -0.3 is 9.52 Å². The van der Waals surface area contributed by atoms with Crippen molar-refractivity contribution in [2.75, 3.05) is 0 Å². The zero-order chi connectivity index (χ0) is 21.3. The number of benzene rings is 2. The fourth-order valence-electron chi connectivity index (χ4n) is 2.77. The zero-order valence-electron chi connectivity index (χ0n) is 15.1. The molecular formula is C22H11Cl3N2O2S. The summed E-state index contributed by atoms with van der Waals surface area (Å²) in [5.41, 5.74) is 2.18. The summed E-state index contributed by atoms with van der Waals surface area (Å²) in [5, 5.41) is 24.0. The van der Waals surface area contributed by atoms with E-state index in [0.29, 0.717) is 37.1 Å². The van der Waals surface area contributed by atoms with Crippen LogP contribution in [0.4, 0.5) is 0 Å². The van der Waals surface area contributed by atoms with Crippen molar-refractivity contribution in [3.05, 3.63) is 85.8 Å². The van der Waals surface area contributed by atoms with E-state index in [1.54, 1.807) is 42.5 Å². The first-order valence-electron chi connectivity index (χ1n) is 8.57. The monoisotopic (exact) mass is 472 g/mol. The highest BCUT2D eigenvalue weighted by atomic mass is 35.5. The Morgan fingerprint density at radius 3 is 2.43 bits per heavy atom. The first-order valence-corrected chi connectivity index (χ1v) is 10.6. The highest BCUT2D eigenvalue weighted by Gasteiger charge is 2.19. The lowest BCUT2D eigenvalue weighted by molar-refractivity contribution is 0.466. The number of rotatable bonds is 4. The minimum absolute atomic E-state index is 0.0170. The van der Waals surface area contributed by atoms with Crippen LogP contribution in [0.15, 0.2) is 64.4 Å². The number of thiazole rings is 1. The molecule has 0 bridgehead atoms. The van der Waals surface area contributed by atoms with Crippen molar-refractivity contribution < 1.29 is 9.52 Å². The number of nitrogens with zero attached hydrogens (tertiary/aromatic N) is 2. The van der Waals surface area contributed by atoms with E-state index in [4.69, 9.17) is 39.2 Å². The number of halogens is 3. The van der Waals surface area contributed by atoms with Crippen LogP contribution in [0.3, 0.4) is 0 Å². The van der Waals surface area contributed by atoms with Gasteiger partial charge >= 0.3 is 0 Å². The second-order valence-corrected chi connectivity index (χ2v) is 8.31. The maximum Gasteiger partial charge on any atom is 0.179 e. The lowest BCUT2D eigenvalue weighted by atomic mass is 10.1. The summed E-state index contributed by atoms with van der Waals surface area (Å²) in [6, 6.07) is 17.5. The maximum absolute atomic E-state index is 10.7. The van der Waals surface area contributed by atoms with Crippen LogP contribution >= 0.6 is 46.1 Å². The van der Waals surface area contributed by atoms with Gasteiger partial charge in [-0.1, -0.05) is 46.9 Å². The van der Waals surface area contributed by atoms with E-state index in [0.717, 1.165) is 5.56 Å². The van der Waals surface area contributed by atoms with Crippen LogP contribution < -0.4 is 0 Å². The molecule has 148 valence electrons. The number of aromatic nitrogens is 1. The average Bonchev–Trinajstić information content (AvgIpc) is 3.39. The second-order valence-electron chi connectivity index (χ2n) is 6.17. The number of allylic oxidation sites excluding steroid dienone is 1. The number of aliphatic hydroxyl groups excluding tert-OH is 1. The Hall–Kier alpha value is -2.75. The Balaban J connectivity index is 1.69. The van der Waals surface area contributed by atoms with E-state index in [1.165, 1.54) is 11.3 Å². The van der Waals surface area contributed by atoms with Gasteiger partial charge in [0.05, 0.1) is 10.7 Å². The first kappa shape index (κ1) is 20.5. The van der Waals surface area contributed by atoms with Gasteiger partial charge in [-0.15, -0.1) is 11.3 Å². The maximum atomic E-state index is 10.7. The Labute approximate surface area is 191 Å².